The Hall–Kier alpha value is -3.49. The molecule has 0 aromatic heterocycles. The Bertz CT molecular complexity index is 1310. The number of nitrogens with zero attached hydrogens (tertiary/aromatic N) is 3. The summed E-state index contributed by atoms with van der Waals surface area (Å²) in [6, 6.07) is 27.0. The second-order valence-corrected chi connectivity index (χ2v) is 10.6. The van der Waals surface area contributed by atoms with Crippen LogP contribution in [-0.2, 0) is 14.3 Å². The van der Waals surface area contributed by atoms with Crippen molar-refractivity contribution in [1.82, 2.24) is 0 Å². The molecular formula is C27H23N3O3S2. The first-order valence-electron chi connectivity index (χ1n) is 11.2. The number of esters is 1. The third-order valence-corrected chi connectivity index (χ3v) is 8.16. The quantitative estimate of drug-likeness (QED) is 0.323. The summed E-state index contributed by atoms with van der Waals surface area (Å²) in [5, 5.41) is 6.62. The summed E-state index contributed by atoms with van der Waals surface area (Å²) in [5.41, 5.74) is 3.55. The summed E-state index contributed by atoms with van der Waals surface area (Å²) in [4.78, 5) is 29.0. The smallest absolute Gasteiger partial charge is 0.365 e. The third-order valence-electron chi connectivity index (χ3n) is 5.47. The van der Waals surface area contributed by atoms with Gasteiger partial charge in [-0.15, -0.1) is 0 Å². The SMILES string of the molecule is CCOC(=O)C1=NN(c2ccccc2)C2(S1)S/C(=C\c1ccc(C)cc1)C(=O)N2c1ccccc1. The van der Waals surface area contributed by atoms with Gasteiger partial charge in [-0.2, -0.15) is 5.10 Å². The Labute approximate surface area is 212 Å². The molecule has 0 saturated carbocycles. The van der Waals surface area contributed by atoms with Gasteiger partial charge in [-0.25, -0.2) is 9.80 Å². The maximum Gasteiger partial charge on any atom is 0.365 e. The van der Waals surface area contributed by atoms with Crippen LogP contribution in [0, 0.1) is 6.92 Å². The number of para-hydroxylation sites is 2. The average molecular weight is 502 g/mol. The summed E-state index contributed by atoms with van der Waals surface area (Å²) in [5.74, 6) is -0.664. The molecule has 1 amide bonds. The molecule has 176 valence electrons. The Morgan fingerprint density at radius 1 is 0.943 bits per heavy atom. The van der Waals surface area contributed by atoms with Crippen molar-refractivity contribution in [2.24, 2.45) is 5.10 Å². The Morgan fingerprint density at radius 2 is 1.57 bits per heavy atom. The van der Waals surface area contributed by atoms with E-state index in [2.05, 4.69) is 5.10 Å². The van der Waals surface area contributed by atoms with Gasteiger partial charge in [-0.1, -0.05) is 78.0 Å². The van der Waals surface area contributed by atoms with Gasteiger partial charge in [0.25, 0.3) is 5.91 Å². The molecule has 2 aliphatic heterocycles. The van der Waals surface area contributed by atoms with Crippen LogP contribution in [0.1, 0.15) is 18.1 Å². The van der Waals surface area contributed by atoms with E-state index in [4.69, 9.17) is 4.74 Å². The molecule has 1 spiro atoms. The second-order valence-electron chi connectivity index (χ2n) is 7.92. The van der Waals surface area contributed by atoms with Crippen molar-refractivity contribution < 1.29 is 14.3 Å². The van der Waals surface area contributed by atoms with Crippen molar-refractivity contribution in [1.29, 1.82) is 0 Å². The minimum atomic E-state index is -1.07. The van der Waals surface area contributed by atoms with Gasteiger partial charge in [0.2, 0.25) is 9.37 Å². The number of hydrogen-bond acceptors (Lipinski definition) is 7. The van der Waals surface area contributed by atoms with Crippen molar-refractivity contribution >= 4 is 57.9 Å². The largest absolute Gasteiger partial charge is 0.461 e. The first-order chi connectivity index (χ1) is 17.0. The van der Waals surface area contributed by atoms with Crippen molar-refractivity contribution in [2.75, 3.05) is 16.5 Å². The van der Waals surface area contributed by atoms with Crippen molar-refractivity contribution in [3.63, 3.8) is 0 Å². The predicted octanol–water partition coefficient (Wildman–Crippen LogP) is 5.86. The molecule has 1 atom stereocenters. The lowest BCUT2D eigenvalue weighted by Crippen LogP contribution is -2.51. The van der Waals surface area contributed by atoms with Crippen LogP contribution < -0.4 is 9.91 Å². The number of rotatable bonds is 5. The van der Waals surface area contributed by atoms with E-state index in [1.165, 1.54) is 23.5 Å². The summed E-state index contributed by atoms with van der Waals surface area (Å²) in [6.07, 6.45) is 1.89. The highest BCUT2D eigenvalue weighted by Gasteiger charge is 2.60. The average Bonchev–Trinajstić information content (AvgIpc) is 3.39. The number of amides is 1. The second kappa shape index (κ2) is 9.64. The number of benzene rings is 3. The van der Waals surface area contributed by atoms with E-state index < -0.39 is 10.3 Å². The number of hydrogen-bond donors (Lipinski definition) is 0. The zero-order valence-corrected chi connectivity index (χ0v) is 20.9. The highest BCUT2D eigenvalue weighted by Crippen LogP contribution is 2.59. The van der Waals surface area contributed by atoms with Gasteiger partial charge in [0.15, 0.2) is 0 Å². The lowest BCUT2D eigenvalue weighted by molar-refractivity contribution is -0.134. The van der Waals surface area contributed by atoms with E-state index in [9.17, 15) is 9.59 Å². The molecule has 35 heavy (non-hydrogen) atoms. The normalized spacial score (nSPS) is 20.6. The van der Waals surface area contributed by atoms with Crippen LogP contribution in [0.15, 0.2) is 94.9 Å². The number of aryl methyl sites for hydroxylation is 1. The van der Waals surface area contributed by atoms with Crippen molar-refractivity contribution in [2.45, 2.75) is 18.2 Å². The van der Waals surface area contributed by atoms with Gasteiger partial charge in [-0.3, -0.25) is 9.69 Å². The molecule has 0 radical (unpaired) electrons. The number of anilines is 2. The topological polar surface area (TPSA) is 62.2 Å². The molecule has 3 aromatic rings. The molecule has 2 heterocycles. The van der Waals surface area contributed by atoms with Crippen LogP contribution in [0.4, 0.5) is 11.4 Å². The zero-order valence-electron chi connectivity index (χ0n) is 19.3. The first kappa shape index (κ1) is 23.3. The maximum absolute atomic E-state index is 13.9. The molecule has 3 aromatic carbocycles. The van der Waals surface area contributed by atoms with E-state index in [1.807, 2.05) is 97.9 Å². The van der Waals surface area contributed by atoms with Crippen LogP contribution in [0.2, 0.25) is 0 Å². The summed E-state index contributed by atoms with van der Waals surface area (Å²) in [6.45, 7) is 4.03. The molecule has 0 aliphatic carbocycles. The van der Waals surface area contributed by atoms with Crippen LogP contribution in [-0.4, -0.2) is 27.9 Å². The van der Waals surface area contributed by atoms with Gasteiger partial charge in [0, 0.05) is 5.69 Å². The van der Waals surface area contributed by atoms with Gasteiger partial charge >= 0.3 is 5.97 Å². The molecular weight excluding hydrogens is 478 g/mol. The Kier molecular flexibility index (Phi) is 6.40. The van der Waals surface area contributed by atoms with Crippen LogP contribution in [0.5, 0.6) is 0 Å². The summed E-state index contributed by atoms with van der Waals surface area (Å²) < 4.78 is 4.20. The molecule has 6 nitrogen and oxygen atoms in total. The molecule has 0 bridgehead atoms. The lowest BCUT2D eigenvalue weighted by Gasteiger charge is -2.38. The molecule has 8 heteroatoms. The van der Waals surface area contributed by atoms with Gasteiger partial charge in [0.05, 0.1) is 17.2 Å². The highest BCUT2D eigenvalue weighted by molar-refractivity contribution is 8.29. The van der Waals surface area contributed by atoms with E-state index in [0.29, 0.717) is 10.6 Å². The molecule has 1 unspecified atom stereocenters. The fraction of sp³-hybridized carbons (Fsp3) is 0.148. The first-order valence-corrected chi connectivity index (χ1v) is 12.8. The summed E-state index contributed by atoms with van der Waals surface area (Å²) >= 11 is 2.60. The Morgan fingerprint density at radius 3 is 2.20 bits per heavy atom. The van der Waals surface area contributed by atoms with E-state index >= 15 is 0 Å². The van der Waals surface area contributed by atoms with E-state index in [0.717, 1.165) is 16.8 Å². The van der Waals surface area contributed by atoms with Gasteiger partial charge in [0.1, 0.15) is 0 Å². The van der Waals surface area contributed by atoms with Crippen molar-refractivity contribution in [3.05, 3.63) is 101 Å². The molecule has 0 N–H and O–H groups in total. The highest BCUT2D eigenvalue weighted by atomic mass is 32.2. The molecule has 1 fully saturated rings. The fourth-order valence-corrected chi connectivity index (χ4v) is 6.72. The minimum absolute atomic E-state index is 0.157. The van der Waals surface area contributed by atoms with Crippen LogP contribution in [0.3, 0.4) is 0 Å². The molecule has 1 saturated heterocycles. The predicted molar refractivity (Wildman–Crippen MR) is 144 cm³/mol. The van der Waals surface area contributed by atoms with E-state index in [1.54, 1.807) is 16.8 Å². The number of carbonyl (C=O) groups excluding carboxylic acids is 2. The standard InChI is InChI=1S/C27H23N3O3S2/c1-3-33-26(32)24-28-30(22-12-8-5-9-13-22)27(35-24)29(21-10-6-4-7-11-21)25(31)23(34-27)18-20-16-14-19(2)15-17-20/h4-18H,3H2,1-2H3/b23-18-. The number of carbonyl (C=O) groups is 2. The fourth-order valence-electron chi connectivity index (χ4n) is 3.85. The lowest BCUT2D eigenvalue weighted by atomic mass is 10.1. The Balaban J connectivity index is 1.66. The van der Waals surface area contributed by atoms with Gasteiger partial charge < -0.3 is 4.74 Å². The number of hydrazone groups is 1. The zero-order chi connectivity index (χ0) is 24.4. The third kappa shape index (κ3) is 4.35. The van der Waals surface area contributed by atoms with Crippen LogP contribution in [0.25, 0.3) is 6.08 Å². The van der Waals surface area contributed by atoms with E-state index in [-0.39, 0.29) is 17.6 Å². The molecule has 5 rings (SSSR count). The number of ether oxygens (including phenoxy) is 1. The van der Waals surface area contributed by atoms with Crippen molar-refractivity contribution in [3.8, 4) is 0 Å². The minimum Gasteiger partial charge on any atom is -0.461 e. The monoisotopic (exact) mass is 501 g/mol. The molecule has 2 aliphatic rings. The maximum atomic E-state index is 13.9. The van der Waals surface area contributed by atoms with Crippen LogP contribution >= 0.6 is 23.5 Å². The summed E-state index contributed by atoms with van der Waals surface area (Å²) in [7, 11) is 0. The number of thioether (sulfide) groups is 2. The van der Waals surface area contributed by atoms with Gasteiger partial charge in [-0.05, 0) is 61.5 Å².